The normalized spacial score (nSPS) is 11.3. The lowest BCUT2D eigenvalue weighted by Crippen LogP contribution is -2.30. The van der Waals surface area contributed by atoms with Crippen molar-refractivity contribution in [2.45, 2.75) is 59.0 Å². The summed E-state index contributed by atoms with van der Waals surface area (Å²) in [5, 5.41) is 3.28. The van der Waals surface area contributed by atoms with Crippen LogP contribution in [0.2, 0.25) is 0 Å². The van der Waals surface area contributed by atoms with Crippen LogP contribution in [0.5, 0.6) is 5.75 Å². The van der Waals surface area contributed by atoms with Gasteiger partial charge in [0.2, 0.25) is 0 Å². The molecular formula is C25H32N2OS. The van der Waals surface area contributed by atoms with Crippen LogP contribution in [0.15, 0.2) is 53.9 Å². The molecule has 0 bridgehead atoms. The van der Waals surface area contributed by atoms with Crippen molar-refractivity contribution < 1.29 is 4.74 Å². The number of anilines is 1. The van der Waals surface area contributed by atoms with Gasteiger partial charge in [0, 0.05) is 22.7 Å². The largest absolute Gasteiger partial charge is 0.497 e. The van der Waals surface area contributed by atoms with Gasteiger partial charge in [-0.15, -0.1) is 11.3 Å². The summed E-state index contributed by atoms with van der Waals surface area (Å²) in [6.07, 6.45) is 2.38. The lowest BCUT2D eigenvalue weighted by molar-refractivity contribution is 0.415. The van der Waals surface area contributed by atoms with Crippen LogP contribution in [0.25, 0.3) is 11.3 Å². The Morgan fingerprint density at radius 1 is 0.966 bits per heavy atom. The molecule has 3 rings (SSSR count). The van der Waals surface area contributed by atoms with Crippen LogP contribution in [0.3, 0.4) is 0 Å². The first-order valence-corrected chi connectivity index (χ1v) is 11.4. The minimum absolute atomic E-state index is 0.405. The number of hydrogen-bond acceptors (Lipinski definition) is 4. The molecule has 0 fully saturated rings. The van der Waals surface area contributed by atoms with E-state index >= 15 is 0 Å². The molecule has 1 aromatic heterocycles. The van der Waals surface area contributed by atoms with Crippen molar-refractivity contribution in [3.05, 3.63) is 64.5 Å². The fraction of sp³-hybridized carbons (Fsp3) is 0.400. The van der Waals surface area contributed by atoms with Gasteiger partial charge in [-0.1, -0.05) is 26.0 Å². The minimum atomic E-state index is 0.405. The third kappa shape index (κ3) is 5.18. The van der Waals surface area contributed by atoms with Gasteiger partial charge < -0.3 is 9.64 Å². The Labute approximate surface area is 179 Å². The van der Waals surface area contributed by atoms with E-state index in [1.165, 1.54) is 24.1 Å². The second kappa shape index (κ2) is 9.93. The van der Waals surface area contributed by atoms with Crippen LogP contribution in [0.4, 0.5) is 5.69 Å². The molecule has 0 unspecified atom stereocenters. The molecule has 0 radical (unpaired) electrons. The lowest BCUT2D eigenvalue weighted by atomic mass is 9.94. The first kappa shape index (κ1) is 21.4. The molecule has 3 aromatic rings. The molecule has 0 saturated heterocycles. The zero-order valence-electron chi connectivity index (χ0n) is 18.2. The van der Waals surface area contributed by atoms with E-state index in [4.69, 9.17) is 9.72 Å². The van der Waals surface area contributed by atoms with Gasteiger partial charge in [0.15, 0.2) is 0 Å². The number of nitrogens with zero attached hydrogens (tertiary/aromatic N) is 2. The van der Waals surface area contributed by atoms with Crippen LogP contribution in [0.1, 0.15) is 57.0 Å². The predicted molar refractivity (Wildman–Crippen MR) is 125 cm³/mol. The summed E-state index contributed by atoms with van der Waals surface area (Å²) in [5.74, 6) is 1.52. The summed E-state index contributed by atoms with van der Waals surface area (Å²) in [4.78, 5) is 7.32. The molecule has 0 amide bonds. The average molecular weight is 409 g/mol. The van der Waals surface area contributed by atoms with Crippen molar-refractivity contribution in [1.29, 1.82) is 0 Å². The Hall–Kier alpha value is -2.33. The quantitative estimate of drug-likeness (QED) is 0.376. The highest BCUT2D eigenvalue weighted by molar-refractivity contribution is 7.10. The highest BCUT2D eigenvalue weighted by Gasteiger charge is 2.15. The van der Waals surface area contributed by atoms with Crippen LogP contribution in [0, 0.1) is 0 Å². The average Bonchev–Trinajstić information content (AvgIpc) is 3.22. The molecule has 4 heteroatoms. The third-order valence-corrected chi connectivity index (χ3v) is 6.38. The molecule has 0 N–H and O–H groups in total. The topological polar surface area (TPSA) is 25.4 Å². The van der Waals surface area contributed by atoms with Gasteiger partial charge >= 0.3 is 0 Å². The van der Waals surface area contributed by atoms with Crippen molar-refractivity contribution in [2.24, 2.45) is 0 Å². The molecule has 0 atom stereocenters. The number of ether oxygens (including phenoxy) is 1. The van der Waals surface area contributed by atoms with Gasteiger partial charge in [-0.2, -0.15) is 0 Å². The van der Waals surface area contributed by atoms with Crippen LogP contribution >= 0.6 is 11.3 Å². The fourth-order valence-electron chi connectivity index (χ4n) is 3.69. The van der Waals surface area contributed by atoms with E-state index in [-0.39, 0.29) is 0 Å². The summed E-state index contributed by atoms with van der Waals surface area (Å²) >= 11 is 1.73. The third-order valence-electron chi connectivity index (χ3n) is 5.55. The first-order chi connectivity index (χ1) is 14.0. The molecule has 1 heterocycles. The van der Waals surface area contributed by atoms with Crippen molar-refractivity contribution in [1.82, 2.24) is 4.98 Å². The van der Waals surface area contributed by atoms with Crippen molar-refractivity contribution in [3.63, 3.8) is 0 Å². The Kier molecular flexibility index (Phi) is 7.32. The maximum Gasteiger partial charge on any atom is 0.118 e. The van der Waals surface area contributed by atoms with E-state index in [1.54, 1.807) is 18.4 Å². The lowest BCUT2D eigenvalue weighted by Gasteiger charge is -2.28. The van der Waals surface area contributed by atoms with Gasteiger partial charge in [0.25, 0.3) is 0 Å². The molecule has 0 aliphatic carbocycles. The van der Waals surface area contributed by atoms with Crippen LogP contribution in [-0.4, -0.2) is 18.1 Å². The predicted octanol–water partition coefficient (Wildman–Crippen LogP) is 7.14. The second-order valence-corrected chi connectivity index (χ2v) is 8.62. The van der Waals surface area contributed by atoms with Crippen molar-refractivity contribution in [3.8, 4) is 17.0 Å². The maximum atomic E-state index is 5.25. The molecule has 0 saturated carbocycles. The molecule has 29 heavy (non-hydrogen) atoms. The number of thiazole rings is 1. The SMILES string of the molecule is CCC(CC)c1ccc(N(Cc2nc(-c3ccc(OC)cc3)cs2)C(C)C)cc1. The molecule has 0 aliphatic rings. The van der Waals surface area contributed by atoms with Gasteiger partial charge in [-0.25, -0.2) is 4.98 Å². The highest BCUT2D eigenvalue weighted by atomic mass is 32.1. The smallest absolute Gasteiger partial charge is 0.118 e. The van der Waals surface area contributed by atoms with Crippen molar-refractivity contribution >= 4 is 17.0 Å². The molecular weight excluding hydrogens is 376 g/mol. The molecule has 0 spiro atoms. The summed E-state index contributed by atoms with van der Waals surface area (Å²) in [5.41, 5.74) is 4.86. The van der Waals surface area contributed by atoms with E-state index in [0.29, 0.717) is 12.0 Å². The number of hydrogen-bond donors (Lipinski definition) is 0. The van der Waals surface area contributed by atoms with Gasteiger partial charge in [-0.05, 0) is 74.6 Å². The maximum absolute atomic E-state index is 5.25. The zero-order valence-corrected chi connectivity index (χ0v) is 19.0. The monoisotopic (exact) mass is 408 g/mol. The van der Waals surface area contributed by atoms with Crippen molar-refractivity contribution in [2.75, 3.05) is 12.0 Å². The highest BCUT2D eigenvalue weighted by Crippen LogP contribution is 2.29. The molecule has 2 aromatic carbocycles. The van der Waals surface area contributed by atoms with E-state index in [1.807, 2.05) is 12.1 Å². The summed E-state index contributed by atoms with van der Waals surface area (Å²) in [6.45, 7) is 9.85. The van der Waals surface area contributed by atoms with E-state index in [9.17, 15) is 0 Å². The van der Waals surface area contributed by atoms with Gasteiger partial charge in [0.05, 0.1) is 19.3 Å². The van der Waals surface area contributed by atoms with E-state index in [2.05, 4.69) is 74.4 Å². The number of aromatic nitrogens is 1. The molecule has 3 nitrogen and oxygen atoms in total. The van der Waals surface area contributed by atoms with E-state index < -0.39 is 0 Å². The Morgan fingerprint density at radius 3 is 2.17 bits per heavy atom. The molecule has 0 aliphatic heterocycles. The zero-order chi connectivity index (χ0) is 20.8. The summed E-state index contributed by atoms with van der Waals surface area (Å²) < 4.78 is 5.25. The van der Waals surface area contributed by atoms with Crippen LogP contribution < -0.4 is 9.64 Å². The number of benzene rings is 2. The summed E-state index contributed by atoms with van der Waals surface area (Å²) in [6, 6.07) is 17.6. The van der Waals surface area contributed by atoms with Gasteiger partial charge in [0.1, 0.15) is 10.8 Å². The number of methoxy groups -OCH3 is 1. The fourth-order valence-corrected chi connectivity index (χ4v) is 4.49. The van der Waals surface area contributed by atoms with Crippen LogP contribution in [-0.2, 0) is 6.54 Å². The standard InChI is InChI=1S/C25H32N2OS/c1-6-19(7-2)20-8-12-22(13-9-20)27(18(3)4)16-25-26-24(17-29-25)21-10-14-23(28-5)15-11-21/h8-15,17-19H,6-7,16H2,1-5H3. The van der Waals surface area contributed by atoms with Gasteiger partial charge in [-0.3, -0.25) is 0 Å². The minimum Gasteiger partial charge on any atom is -0.497 e. The first-order valence-electron chi connectivity index (χ1n) is 10.5. The number of rotatable bonds is 9. The summed E-state index contributed by atoms with van der Waals surface area (Å²) in [7, 11) is 1.69. The second-order valence-electron chi connectivity index (χ2n) is 7.68. The Morgan fingerprint density at radius 2 is 1.62 bits per heavy atom. The Bertz CT molecular complexity index is 880. The van der Waals surface area contributed by atoms with E-state index in [0.717, 1.165) is 28.6 Å². The molecule has 154 valence electrons. The Balaban J connectivity index is 1.76.